The molecule has 0 radical (unpaired) electrons. The summed E-state index contributed by atoms with van der Waals surface area (Å²) in [6.07, 6.45) is -3.21. The summed E-state index contributed by atoms with van der Waals surface area (Å²) < 4.78 is 38.4. The first-order valence-electron chi connectivity index (χ1n) is 6.72. The van der Waals surface area contributed by atoms with E-state index in [1.54, 1.807) is 0 Å². The van der Waals surface area contributed by atoms with Crippen molar-refractivity contribution in [3.8, 4) is 0 Å². The predicted molar refractivity (Wildman–Crippen MR) is 79.3 cm³/mol. The van der Waals surface area contributed by atoms with E-state index in [1.165, 1.54) is 12.1 Å². The highest BCUT2D eigenvalue weighted by molar-refractivity contribution is 7.99. The number of halogens is 3. The molecule has 0 amide bonds. The minimum absolute atomic E-state index is 0.103. The van der Waals surface area contributed by atoms with Gasteiger partial charge in [0.2, 0.25) is 0 Å². The third-order valence-electron chi connectivity index (χ3n) is 4.01. The monoisotopic (exact) mass is 303 g/mol. The van der Waals surface area contributed by atoms with Gasteiger partial charge in [0.25, 0.3) is 0 Å². The number of anilines is 1. The standard InChI is InChI=1S/C15H20F3NS/c1-10-4-5-11(15(16,17)18)8-12(10)19-13-9-20-7-6-14(13,2)3/h4-5,8,13,19H,6-7,9H2,1-3H3. The summed E-state index contributed by atoms with van der Waals surface area (Å²) in [7, 11) is 0. The molecule has 1 atom stereocenters. The maximum absolute atomic E-state index is 12.8. The van der Waals surface area contributed by atoms with Gasteiger partial charge >= 0.3 is 6.18 Å². The Morgan fingerprint density at radius 3 is 2.60 bits per heavy atom. The molecule has 112 valence electrons. The fourth-order valence-corrected chi connectivity index (χ4v) is 3.92. The number of hydrogen-bond donors (Lipinski definition) is 1. The van der Waals surface area contributed by atoms with Gasteiger partial charge in [0.05, 0.1) is 5.56 Å². The van der Waals surface area contributed by atoms with Gasteiger partial charge in [0.1, 0.15) is 0 Å². The van der Waals surface area contributed by atoms with E-state index in [9.17, 15) is 13.2 Å². The topological polar surface area (TPSA) is 12.0 Å². The second kappa shape index (κ2) is 5.51. The Hall–Kier alpha value is -0.840. The molecule has 5 heteroatoms. The summed E-state index contributed by atoms with van der Waals surface area (Å²) >= 11 is 1.86. The number of thioether (sulfide) groups is 1. The minimum atomic E-state index is -4.29. The van der Waals surface area contributed by atoms with Crippen LogP contribution in [-0.4, -0.2) is 17.5 Å². The molecule has 1 aromatic carbocycles. The molecule has 1 aromatic rings. The second-order valence-corrected chi connectivity index (χ2v) is 7.19. The molecule has 1 aliphatic heterocycles. The van der Waals surface area contributed by atoms with Crippen LogP contribution < -0.4 is 5.32 Å². The van der Waals surface area contributed by atoms with E-state index in [1.807, 2.05) is 18.7 Å². The fraction of sp³-hybridized carbons (Fsp3) is 0.600. The Morgan fingerprint density at radius 2 is 2.00 bits per heavy atom. The van der Waals surface area contributed by atoms with E-state index in [2.05, 4.69) is 19.2 Å². The quantitative estimate of drug-likeness (QED) is 0.829. The van der Waals surface area contributed by atoms with Crippen LogP contribution in [0.2, 0.25) is 0 Å². The number of benzene rings is 1. The number of aryl methyl sites for hydroxylation is 1. The molecule has 0 aliphatic carbocycles. The molecule has 1 fully saturated rings. The number of nitrogens with one attached hydrogen (secondary N) is 1. The van der Waals surface area contributed by atoms with Gasteiger partial charge in [-0.25, -0.2) is 0 Å². The lowest BCUT2D eigenvalue weighted by atomic mass is 9.82. The predicted octanol–water partition coefficient (Wildman–Crippen LogP) is 4.96. The third-order valence-corrected chi connectivity index (χ3v) is 5.08. The zero-order valence-electron chi connectivity index (χ0n) is 12.0. The first-order chi connectivity index (χ1) is 9.20. The summed E-state index contributed by atoms with van der Waals surface area (Å²) in [5.41, 5.74) is 0.961. The molecule has 0 aromatic heterocycles. The van der Waals surface area contributed by atoms with Crippen LogP contribution in [0.4, 0.5) is 18.9 Å². The summed E-state index contributed by atoms with van der Waals surface area (Å²) in [5.74, 6) is 2.05. The Kier molecular flexibility index (Phi) is 4.28. The van der Waals surface area contributed by atoms with Crippen LogP contribution in [0.25, 0.3) is 0 Å². The van der Waals surface area contributed by atoms with E-state index in [0.717, 1.165) is 29.6 Å². The largest absolute Gasteiger partial charge is 0.416 e. The summed E-state index contributed by atoms with van der Waals surface area (Å²) in [5, 5.41) is 3.33. The molecule has 1 unspecified atom stereocenters. The normalized spacial score (nSPS) is 22.6. The fourth-order valence-electron chi connectivity index (χ4n) is 2.31. The average Bonchev–Trinajstić information content (AvgIpc) is 2.32. The lowest BCUT2D eigenvalue weighted by Gasteiger charge is -2.39. The Bertz CT molecular complexity index is 482. The highest BCUT2D eigenvalue weighted by atomic mass is 32.2. The van der Waals surface area contributed by atoms with E-state index < -0.39 is 11.7 Å². The molecule has 0 bridgehead atoms. The molecule has 1 nitrogen and oxygen atoms in total. The van der Waals surface area contributed by atoms with Crippen LogP contribution >= 0.6 is 11.8 Å². The zero-order chi connectivity index (χ0) is 15.0. The van der Waals surface area contributed by atoms with Crippen molar-refractivity contribution in [2.75, 3.05) is 16.8 Å². The van der Waals surface area contributed by atoms with Crippen molar-refractivity contribution in [2.24, 2.45) is 5.41 Å². The van der Waals surface area contributed by atoms with Crippen LogP contribution in [0.15, 0.2) is 18.2 Å². The van der Waals surface area contributed by atoms with Crippen molar-refractivity contribution in [2.45, 2.75) is 39.4 Å². The van der Waals surface area contributed by atoms with Gasteiger partial charge in [-0.1, -0.05) is 19.9 Å². The minimum Gasteiger partial charge on any atom is -0.381 e. The van der Waals surface area contributed by atoms with Crippen LogP contribution in [-0.2, 0) is 6.18 Å². The van der Waals surface area contributed by atoms with Crippen LogP contribution in [0.1, 0.15) is 31.4 Å². The lowest BCUT2D eigenvalue weighted by Crippen LogP contribution is -2.41. The Morgan fingerprint density at radius 1 is 1.30 bits per heavy atom. The van der Waals surface area contributed by atoms with Gasteiger partial charge in [0.15, 0.2) is 0 Å². The summed E-state index contributed by atoms with van der Waals surface area (Å²) in [4.78, 5) is 0. The van der Waals surface area contributed by atoms with Gasteiger partial charge in [-0.3, -0.25) is 0 Å². The molecule has 2 rings (SSSR count). The van der Waals surface area contributed by atoms with E-state index in [4.69, 9.17) is 0 Å². The van der Waals surface area contributed by atoms with Gasteiger partial charge in [-0.2, -0.15) is 24.9 Å². The molecule has 20 heavy (non-hydrogen) atoms. The average molecular weight is 303 g/mol. The second-order valence-electron chi connectivity index (χ2n) is 6.04. The van der Waals surface area contributed by atoms with Crippen molar-refractivity contribution in [3.05, 3.63) is 29.3 Å². The van der Waals surface area contributed by atoms with Crippen LogP contribution in [0.5, 0.6) is 0 Å². The van der Waals surface area contributed by atoms with Crippen LogP contribution in [0, 0.1) is 12.3 Å². The SMILES string of the molecule is Cc1ccc(C(F)(F)F)cc1NC1CSCCC1(C)C. The highest BCUT2D eigenvalue weighted by Gasteiger charge is 2.34. The first kappa shape index (κ1) is 15.5. The first-order valence-corrected chi connectivity index (χ1v) is 7.88. The number of hydrogen-bond acceptors (Lipinski definition) is 2. The maximum Gasteiger partial charge on any atom is 0.416 e. The van der Waals surface area contributed by atoms with Gasteiger partial charge in [-0.15, -0.1) is 0 Å². The Balaban J connectivity index is 2.24. The molecular weight excluding hydrogens is 283 g/mol. The molecule has 0 saturated carbocycles. The Labute approximate surface area is 122 Å². The lowest BCUT2D eigenvalue weighted by molar-refractivity contribution is -0.137. The van der Waals surface area contributed by atoms with E-state index >= 15 is 0 Å². The number of rotatable bonds is 2. The van der Waals surface area contributed by atoms with Crippen molar-refractivity contribution < 1.29 is 13.2 Å². The third kappa shape index (κ3) is 3.43. The molecule has 1 heterocycles. The molecular formula is C15H20F3NS. The van der Waals surface area contributed by atoms with Gasteiger partial charge in [-0.05, 0) is 42.2 Å². The van der Waals surface area contributed by atoms with Crippen molar-refractivity contribution >= 4 is 17.4 Å². The highest BCUT2D eigenvalue weighted by Crippen LogP contribution is 2.38. The maximum atomic E-state index is 12.8. The van der Waals surface area contributed by atoms with Gasteiger partial charge < -0.3 is 5.32 Å². The zero-order valence-corrected chi connectivity index (χ0v) is 12.8. The molecule has 1 aliphatic rings. The van der Waals surface area contributed by atoms with Crippen molar-refractivity contribution in [1.29, 1.82) is 0 Å². The smallest absolute Gasteiger partial charge is 0.381 e. The van der Waals surface area contributed by atoms with Crippen LogP contribution in [0.3, 0.4) is 0 Å². The molecule has 0 spiro atoms. The van der Waals surface area contributed by atoms with Gasteiger partial charge in [0, 0.05) is 17.5 Å². The van der Waals surface area contributed by atoms with Crippen molar-refractivity contribution in [3.63, 3.8) is 0 Å². The molecule has 1 N–H and O–H groups in total. The molecule has 1 saturated heterocycles. The summed E-state index contributed by atoms with van der Waals surface area (Å²) in [6.45, 7) is 6.19. The van der Waals surface area contributed by atoms with E-state index in [-0.39, 0.29) is 11.5 Å². The number of alkyl halides is 3. The summed E-state index contributed by atoms with van der Waals surface area (Å²) in [6, 6.07) is 4.10. The van der Waals surface area contributed by atoms with E-state index in [0.29, 0.717) is 5.69 Å². The van der Waals surface area contributed by atoms with Crippen molar-refractivity contribution in [1.82, 2.24) is 0 Å².